The van der Waals surface area contributed by atoms with Crippen LogP contribution in [0.5, 0.6) is 0 Å². The number of rotatable bonds is 2. The first-order valence-electron chi connectivity index (χ1n) is 5.01. The Morgan fingerprint density at radius 3 is 2.50 bits per heavy atom. The Bertz CT molecular complexity index is 555. The molecule has 1 aromatic heterocycles. The van der Waals surface area contributed by atoms with Gasteiger partial charge in [-0.3, -0.25) is 0 Å². The highest BCUT2D eigenvalue weighted by Gasteiger charge is 2.33. The number of alkyl halides is 3. The molecule has 1 aromatic carbocycles. The van der Waals surface area contributed by atoms with Crippen LogP contribution in [0.1, 0.15) is 5.56 Å². The van der Waals surface area contributed by atoms with E-state index in [1.165, 1.54) is 30.5 Å². The first kappa shape index (κ1) is 12.7. The minimum absolute atomic E-state index is 0.0210. The summed E-state index contributed by atoms with van der Waals surface area (Å²) < 4.78 is 38.3. The van der Waals surface area contributed by atoms with Crippen LogP contribution in [-0.2, 0) is 6.18 Å². The molecule has 0 saturated heterocycles. The van der Waals surface area contributed by atoms with Crippen LogP contribution in [-0.4, -0.2) is 4.98 Å². The Hall–Kier alpha value is -1.75. The molecule has 0 saturated carbocycles. The van der Waals surface area contributed by atoms with Crippen molar-refractivity contribution in [2.45, 2.75) is 6.18 Å². The summed E-state index contributed by atoms with van der Waals surface area (Å²) in [5.74, 6) is 0. The maximum atomic E-state index is 12.8. The molecule has 1 N–H and O–H groups in total. The van der Waals surface area contributed by atoms with Gasteiger partial charge in [0.25, 0.3) is 0 Å². The van der Waals surface area contributed by atoms with Gasteiger partial charge in [0.1, 0.15) is 5.15 Å². The molecule has 0 bridgehead atoms. The van der Waals surface area contributed by atoms with Gasteiger partial charge in [-0.25, -0.2) is 4.98 Å². The van der Waals surface area contributed by atoms with Crippen molar-refractivity contribution in [2.75, 3.05) is 5.32 Å². The van der Waals surface area contributed by atoms with Crippen LogP contribution in [0.15, 0.2) is 42.6 Å². The Labute approximate surface area is 106 Å². The summed E-state index contributed by atoms with van der Waals surface area (Å²) in [6.45, 7) is 0. The Balaban J connectivity index is 2.35. The van der Waals surface area contributed by atoms with E-state index in [0.717, 1.165) is 6.07 Å². The molecule has 0 aliphatic rings. The minimum atomic E-state index is -4.40. The third kappa shape index (κ3) is 2.92. The van der Waals surface area contributed by atoms with Crippen molar-refractivity contribution in [3.05, 3.63) is 53.3 Å². The van der Waals surface area contributed by atoms with Gasteiger partial charge in [0.15, 0.2) is 0 Å². The Morgan fingerprint density at radius 1 is 1.11 bits per heavy atom. The number of pyridine rings is 1. The van der Waals surface area contributed by atoms with Gasteiger partial charge in [-0.15, -0.1) is 0 Å². The van der Waals surface area contributed by atoms with Crippen molar-refractivity contribution in [3.8, 4) is 0 Å². The SMILES string of the molecule is FC(F)(F)c1ccccc1Nc1ccnc(Cl)c1. The quantitative estimate of drug-likeness (QED) is 0.814. The zero-order valence-corrected chi connectivity index (χ0v) is 9.76. The molecule has 0 spiro atoms. The van der Waals surface area contributed by atoms with Crippen LogP contribution >= 0.6 is 11.6 Å². The molecule has 2 nitrogen and oxygen atoms in total. The van der Waals surface area contributed by atoms with Crippen LogP contribution in [0.2, 0.25) is 5.15 Å². The lowest BCUT2D eigenvalue weighted by Crippen LogP contribution is -2.08. The zero-order chi connectivity index (χ0) is 13.2. The first-order chi connectivity index (χ1) is 8.47. The van der Waals surface area contributed by atoms with Crippen LogP contribution < -0.4 is 5.32 Å². The van der Waals surface area contributed by atoms with Gasteiger partial charge in [0.05, 0.1) is 11.3 Å². The summed E-state index contributed by atoms with van der Waals surface area (Å²) in [5.41, 5.74) is -0.295. The number of nitrogens with one attached hydrogen (secondary N) is 1. The van der Waals surface area contributed by atoms with E-state index in [1.54, 1.807) is 6.07 Å². The van der Waals surface area contributed by atoms with Gasteiger partial charge in [-0.2, -0.15) is 13.2 Å². The highest BCUT2D eigenvalue weighted by Crippen LogP contribution is 2.35. The van der Waals surface area contributed by atoms with E-state index in [0.29, 0.717) is 5.69 Å². The molecule has 0 aliphatic heterocycles. The lowest BCUT2D eigenvalue weighted by Gasteiger charge is -2.14. The predicted octanol–water partition coefficient (Wildman–Crippen LogP) is 4.50. The van der Waals surface area contributed by atoms with Gasteiger partial charge in [-0.05, 0) is 24.3 Å². The molecule has 0 atom stereocenters. The van der Waals surface area contributed by atoms with Gasteiger partial charge in [0, 0.05) is 11.9 Å². The summed E-state index contributed by atoms with van der Waals surface area (Å²) in [6, 6.07) is 8.24. The van der Waals surface area contributed by atoms with Crippen LogP contribution in [0.3, 0.4) is 0 Å². The second kappa shape index (κ2) is 4.86. The molecule has 2 rings (SSSR count). The summed E-state index contributed by atoms with van der Waals surface area (Å²) in [7, 11) is 0. The number of hydrogen-bond acceptors (Lipinski definition) is 2. The number of nitrogens with zero attached hydrogens (tertiary/aromatic N) is 1. The van der Waals surface area contributed by atoms with Crippen molar-refractivity contribution < 1.29 is 13.2 Å². The number of halogens is 4. The van der Waals surface area contributed by atoms with Crippen molar-refractivity contribution in [1.82, 2.24) is 4.98 Å². The largest absolute Gasteiger partial charge is 0.418 e. The predicted molar refractivity (Wildman–Crippen MR) is 64.0 cm³/mol. The lowest BCUT2D eigenvalue weighted by atomic mass is 10.1. The zero-order valence-electron chi connectivity index (χ0n) is 9.00. The molecule has 0 amide bonds. The van der Waals surface area contributed by atoms with Crippen molar-refractivity contribution in [2.24, 2.45) is 0 Å². The second-order valence-electron chi connectivity index (χ2n) is 3.54. The molecule has 18 heavy (non-hydrogen) atoms. The number of para-hydroxylation sites is 1. The van der Waals surface area contributed by atoms with E-state index < -0.39 is 11.7 Å². The molecule has 0 aliphatic carbocycles. The molecule has 0 fully saturated rings. The molecule has 2 aromatic rings. The topological polar surface area (TPSA) is 24.9 Å². The first-order valence-corrected chi connectivity index (χ1v) is 5.39. The smallest absolute Gasteiger partial charge is 0.355 e. The second-order valence-corrected chi connectivity index (χ2v) is 3.92. The highest BCUT2D eigenvalue weighted by molar-refractivity contribution is 6.29. The number of aromatic nitrogens is 1. The fourth-order valence-electron chi connectivity index (χ4n) is 1.48. The minimum Gasteiger partial charge on any atom is -0.355 e. The fraction of sp³-hybridized carbons (Fsp3) is 0.0833. The maximum Gasteiger partial charge on any atom is 0.418 e. The molecule has 94 valence electrons. The third-order valence-electron chi connectivity index (χ3n) is 2.24. The number of benzene rings is 1. The third-order valence-corrected chi connectivity index (χ3v) is 2.44. The van der Waals surface area contributed by atoms with Crippen LogP contribution in [0.25, 0.3) is 0 Å². The molecule has 1 heterocycles. The highest BCUT2D eigenvalue weighted by atomic mass is 35.5. The summed E-state index contributed by atoms with van der Waals surface area (Å²) in [5, 5.41) is 2.89. The van der Waals surface area contributed by atoms with Crippen molar-refractivity contribution >= 4 is 23.0 Å². The normalized spacial score (nSPS) is 11.3. The van der Waals surface area contributed by atoms with Gasteiger partial charge >= 0.3 is 6.18 Å². The van der Waals surface area contributed by atoms with E-state index in [-0.39, 0.29) is 10.8 Å². The van der Waals surface area contributed by atoms with Crippen LogP contribution in [0.4, 0.5) is 24.5 Å². The molecular formula is C12H8ClF3N2. The maximum absolute atomic E-state index is 12.8. The van der Waals surface area contributed by atoms with Gasteiger partial charge in [-0.1, -0.05) is 23.7 Å². The van der Waals surface area contributed by atoms with Crippen molar-refractivity contribution in [3.63, 3.8) is 0 Å². The standard InChI is InChI=1S/C12H8ClF3N2/c13-11-7-8(5-6-17-11)18-10-4-2-1-3-9(10)12(14,15)16/h1-7H,(H,17,18). The average molecular weight is 273 g/mol. The summed E-state index contributed by atoms with van der Waals surface area (Å²) in [4.78, 5) is 3.76. The van der Waals surface area contributed by atoms with Crippen molar-refractivity contribution in [1.29, 1.82) is 0 Å². The fourth-order valence-corrected chi connectivity index (χ4v) is 1.65. The average Bonchev–Trinajstić information content (AvgIpc) is 2.28. The molecule has 0 radical (unpaired) electrons. The van der Waals surface area contributed by atoms with E-state index in [4.69, 9.17) is 11.6 Å². The number of hydrogen-bond donors (Lipinski definition) is 1. The Kier molecular flexibility index (Phi) is 3.43. The summed E-state index contributed by atoms with van der Waals surface area (Å²) >= 11 is 5.67. The van der Waals surface area contributed by atoms with E-state index in [9.17, 15) is 13.2 Å². The summed E-state index contributed by atoms with van der Waals surface area (Å²) in [6.07, 6.45) is -2.98. The molecule has 6 heteroatoms. The Morgan fingerprint density at radius 2 is 1.83 bits per heavy atom. The van der Waals surface area contributed by atoms with E-state index >= 15 is 0 Å². The van der Waals surface area contributed by atoms with E-state index in [2.05, 4.69) is 10.3 Å². The lowest BCUT2D eigenvalue weighted by molar-refractivity contribution is -0.136. The molecular weight excluding hydrogens is 265 g/mol. The van der Waals surface area contributed by atoms with Gasteiger partial charge < -0.3 is 5.32 Å². The van der Waals surface area contributed by atoms with Crippen LogP contribution in [0, 0.1) is 0 Å². The van der Waals surface area contributed by atoms with E-state index in [1.807, 2.05) is 0 Å². The number of anilines is 2. The van der Waals surface area contributed by atoms with Gasteiger partial charge in [0.2, 0.25) is 0 Å². The monoisotopic (exact) mass is 272 g/mol. The molecule has 0 unspecified atom stereocenters.